The third kappa shape index (κ3) is 31.8. The minimum Gasteiger partial charge on any atom is -0.508 e. The number of H-pyrrole nitrogens is 1. The minimum absolute atomic E-state index is 0.0660. The summed E-state index contributed by atoms with van der Waals surface area (Å²) in [6, 6.07) is 13.3. The summed E-state index contributed by atoms with van der Waals surface area (Å²) in [4.78, 5) is 248. The second-order valence-electron chi connectivity index (χ2n) is 35.5. The van der Waals surface area contributed by atoms with Crippen LogP contribution in [0.1, 0.15) is 118 Å². The van der Waals surface area contributed by atoms with E-state index in [9.17, 15) is 44.0 Å². The number of fused-ring (bicyclic) bond motifs is 2. The van der Waals surface area contributed by atoms with Crippen molar-refractivity contribution in [1.82, 2.24) is 77.3 Å². The largest absolute Gasteiger partial charge is 0.508 e. The summed E-state index contributed by atoms with van der Waals surface area (Å²) < 4.78 is 45.3. The number of aromatic nitrogens is 1. The molecule has 2 aliphatic rings. The standard InChI is InChI=1S/C98H124F3N18O20PS/c1-8-9-27-76-97(138)119-51-63(122)47-78(119)93(134)111-71(48-81(104)140)90(131)114-85(54(2)3)98(139)117(6)77(44-55-20-12-10-13-21-55)92(133)112-73(42-58-30-34-62(121)35-31-58)95(136)115(4)75(36-37-83(125)126)91(132)110-70(46-60-49-105-67-25-17-16-24-64(60)67)89(130)109-69(41-57-28-32-61(120)33-29-57)88(129)108-68(26-18-19-38-102)87(128)113-74(86(127)106-50-80(103)123)52-141-53-82(124)107-72(43-59-39-65(99)84(101)66(100)40-59)94(135)118(7)79(96(137)116(76)5)45-56-22-14-11-15-23-56/h10-17,20-25,28-35,39-40,49,54,63,68-79,85,105,120-122,140H,8-9,18-19,26-27,36-38,41-48,50-53,102,104H2,1-7H3,(H2,103,123)(H,106,127)(H,107,124)(H,108,129)(H,109,130)(H,110,132)(H,111,134)(H,112,133)(H,113,128)(H,114,131)(H,125,126)/t63-,68+,69+,70+,71+,72+,73+,74+,75-,76+,77+,78-,79+,85+/m1/s1. The average molecular weight is 1990 g/mol. The van der Waals surface area contributed by atoms with Crippen LogP contribution in [0, 0.1) is 23.4 Å². The van der Waals surface area contributed by atoms with Gasteiger partial charge in [0.05, 0.1) is 18.4 Å². The van der Waals surface area contributed by atoms with Crippen molar-refractivity contribution in [2.75, 3.05) is 59.3 Å². The number of hydrogen-bond donors (Lipinski definition) is 17. The molecule has 758 valence electrons. The number of amides is 15. The first-order valence-corrected chi connectivity index (χ1v) is 47.9. The highest BCUT2D eigenvalue weighted by Crippen LogP contribution is 2.29. The van der Waals surface area contributed by atoms with Crippen LogP contribution in [-0.2, 0) is 115 Å². The Hall–Kier alpha value is -13.8. The molecule has 14 atom stereocenters. The normalized spacial score (nSPS) is 23.0. The number of aromatic amines is 1. The molecule has 9 rings (SSSR count). The maximum absolute atomic E-state index is 15.9. The predicted octanol–water partition coefficient (Wildman–Crippen LogP) is 1.71. The quantitative estimate of drug-likeness (QED) is 0.0189. The van der Waals surface area contributed by atoms with Crippen LogP contribution in [-0.4, -0.2) is 294 Å². The van der Waals surface area contributed by atoms with Crippen molar-refractivity contribution in [3.63, 3.8) is 0 Å². The Kier molecular flexibility index (Phi) is 41.6. The number of carboxylic acid groups (broad SMARTS) is 1. The van der Waals surface area contributed by atoms with E-state index in [0.29, 0.717) is 69.0 Å². The number of hydrogen-bond acceptors (Lipinski definition) is 21. The maximum atomic E-state index is 15.9. The van der Waals surface area contributed by atoms with Gasteiger partial charge in [-0.05, 0) is 120 Å². The third-order valence-electron chi connectivity index (χ3n) is 24.6. The molecule has 0 radical (unpaired) electrons. The molecule has 0 unspecified atom stereocenters. The summed E-state index contributed by atoms with van der Waals surface area (Å²) in [6.45, 7) is 3.69. The van der Waals surface area contributed by atoms with Crippen molar-refractivity contribution < 1.29 is 110 Å². The van der Waals surface area contributed by atoms with Gasteiger partial charge in [0.1, 0.15) is 90.0 Å². The van der Waals surface area contributed by atoms with E-state index in [1.165, 1.54) is 69.7 Å². The number of aliphatic hydroxyl groups is 1. The lowest BCUT2D eigenvalue weighted by molar-refractivity contribution is -0.152. The lowest BCUT2D eigenvalue weighted by Gasteiger charge is -2.38. The SMILES string of the molecule is CCCC[C@H]1C(=O)N2C[C@H](O)C[C@@H]2C(=O)N[C@@H](CC(N)=P)C(=O)N[C@@H](C(C)C)C(=O)N(C)[C@@H](Cc2ccccc2)C(=O)N[C@@H](Cc2ccc(O)cc2)C(=O)N(C)[C@H](CCC(=O)O)C(=O)N[C@@H](Cc2c[nH]c3ccccc23)C(=O)N[C@@H](Cc2ccc(O)cc2)C(=O)N[C@@H](CCCCN)C(=O)N[C@H](C(=O)NCC(N)=O)CSCC(=O)N[C@@H](Cc2cc(F)c(F)c(F)c2)C(=O)N(C)[C@@H](Cc2ccccc2)C(=O)N1C. The Morgan fingerprint density at radius 3 is 1.57 bits per heavy atom. The van der Waals surface area contributed by atoms with Gasteiger partial charge < -0.3 is 115 Å². The Bertz CT molecular complexity index is 5600. The van der Waals surface area contributed by atoms with E-state index in [1.807, 2.05) is 0 Å². The molecule has 6 aromatic carbocycles. The number of aliphatic hydroxyl groups excluding tert-OH is 1. The molecule has 15 amide bonds. The van der Waals surface area contributed by atoms with Gasteiger partial charge in [-0.1, -0.05) is 137 Å². The molecule has 141 heavy (non-hydrogen) atoms. The number of nitrogens with one attached hydrogen (secondary N) is 10. The van der Waals surface area contributed by atoms with Gasteiger partial charge in [0.25, 0.3) is 0 Å². The molecule has 20 N–H and O–H groups in total. The summed E-state index contributed by atoms with van der Waals surface area (Å²) in [6.07, 6.45) is -4.19. The number of carbonyl (C=O) groups excluding carboxylic acids is 15. The van der Waals surface area contributed by atoms with Crippen LogP contribution < -0.4 is 65.1 Å². The Labute approximate surface area is 819 Å². The van der Waals surface area contributed by atoms with Crippen LogP contribution in [0.4, 0.5) is 13.2 Å². The highest BCUT2D eigenvalue weighted by atomic mass is 32.2. The first-order valence-electron chi connectivity index (χ1n) is 46.2. The third-order valence-corrected chi connectivity index (χ3v) is 25.9. The van der Waals surface area contributed by atoms with E-state index in [0.717, 1.165) is 31.5 Å². The van der Waals surface area contributed by atoms with Crippen molar-refractivity contribution in [1.29, 1.82) is 0 Å². The molecule has 38 nitrogen and oxygen atoms in total. The number of nitrogens with zero attached hydrogens (tertiary/aromatic N) is 5. The van der Waals surface area contributed by atoms with Crippen LogP contribution in [0.15, 0.2) is 152 Å². The molecule has 7 aromatic rings. The summed E-state index contributed by atoms with van der Waals surface area (Å²) in [7, 11) is 8.11. The first-order chi connectivity index (χ1) is 67.0. The van der Waals surface area contributed by atoms with Crippen LogP contribution >= 0.6 is 20.6 Å². The molecular formula is C98H124F3N18O20PS. The summed E-state index contributed by atoms with van der Waals surface area (Å²) in [5, 5.41) is 67.0. The molecule has 43 heteroatoms. The molecule has 0 aliphatic carbocycles. The van der Waals surface area contributed by atoms with Crippen molar-refractivity contribution in [3.8, 4) is 11.5 Å². The number of halogens is 3. The fraction of sp³-hybridized carbons (Fsp3) is 0.439. The Morgan fingerprint density at radius 1 is 0.511 bits per heavy atom. The molecule has 1 aromatic heterocycles. The van der Waals surface area contributed by atoms with Crippen LogP contribution in [0.2, 0.25) is 0 Å². The van der Waals surface area contributed by atoms with E-state index < -0.39 is 279 Å². The van der Waals surface area contributed by atoms with Crippen molar-refractivity contribution in [2.24, 2.45) is 23.1 Å². The number of para-hydroxylation sites is 1. The van der Waals surface area contributed by atoms with Gasteiger partial charge in [-0.15, -0.1) is 20.6 Å². The summed E-state index contributed by atoms with van der Waals surface area (Å²) in [5.74, 6) is -24.7. The number of aromatic hydroxyl groups is 2. The number of carbonyl (C=O) groups is 16. The van der Waals surface area contributed by atoms with Gasteiger partial charge in [-0.2, -0.15) is 0 Å². The van der Waals surface area contributed by atoms with Gasteiger partial charge in [-0.3, -0.25) is 76.7 Å². The highest BCUT2D eigenvalue weighted by Gasteiger charge is 2.47. The Balaban J connectivity index is 1.17. The number of primary amides is 1. The molecule has 2 saturated heterocycles. The number of nitrogens with two attached hydrogens (primary N) is 3. The molecule has 2 aliphatic heterocycles. The van der Waals surface area contributed by atoms with Crippen molar-refractivity contribution >= 4 is 132 Å². The first kappa shape index (κ1) is 111. The van der Waals surface area contributed by atoms with E-state index in [4.69, 9.17) is 17.2 Å². The van der Waals surface area contributed by atoms with E-state index in [2.05, 4.69) is 61.7 Å². The molecule has 0 bridgehead atoms. The number of unbranched alkanes of at least 4 members (excludes halogenated alkanes) is 2. The molecule has 2 fully saturated rings. The second kappa shape index (κ2) is 53.0. The van der Waals surface area contributed by atoms with Gasteiger partial charge in [0.2, 0.25) is 88.6 Å². The van der Waals surface area contributed by atoms with Gasteiger partial charge >= 0.3 is 5.97 Å². The summed E-state index contributed by atoms with van der Waals surface area (Å²) in [5.41, 5.74) is 19.6. The smallest absolute Gasteiger partial charge is 0.303 e. The zero-order chi connectivity index (χ0) is 103. The fourth-order valence-corrected chi connectivity index (χ4v) is 17.8. The number of phenols is 2. The van der Waals surface area contributed by atoms with Crippen molar-refractivity contribution in [3.05, 3.63) is 203 Å². The zero-order valence-electron chi connectivity index (χ0n) is 79.3. The van der Waals surface area contributed by atoms with E-state index >= 15 is 66.3 Å². The average Bonchev–Trinajstić information content (AvgIpc) is 1.80. The van der Waals surface area contributed by atoms with E-state index in [-0.39, 0.29) is 74.0 Å². The molecule has 0 spiro atoms. The number of phenolic OH excluding ortho intramolecular Hbond substituents is 2. The second-order valence-corrected chi connectivity index (χ2v) is 37.2. The zero-order valence-corrected chi connectivity index (χ0v) is 81.1. The van der Waals surface area contributed by atoms with Crippen LogP contribution in [0.25, 0.3) is 10.9 Å². The molecular weight excluding hydrogens is 1870 g/mol. The summed E-state index contributed by atoms with van der Waals surface area (Å²) >= 11 is 0.642. The monoisotopic (exact) mass is 1990 g/mol. The van der Waals surface area contributed by atoms with Crippen LogP contribution in [0.5, 0.6) is 11.5 Å². The van der Waals surface area contributed by atoms with Gasteiger partial charge in [0, 0.05) is 121 Å². The van der Waals surface area contributed by atoms with Gasteiger partial charge in [-0.25, -0.2) is 13.2 Å². The van der Waals surface area contributed by atoms with Gasteiger partial charge in [0.15, 0.2) is 17.5 Å². The predicted molar refractivity (Wildman–Crippen MR) is 520 cm³/mol. The minimum atomic E-state index is -1.91. The Morgan fingerprint density at radius 2 is 1.00 bits per heavy atom. The molecule has 0 saturated carbocycles. The lowest BCUT2D eigenvalue weighted by Crippen LogP contribution is -2.62. The van der Waals surface area contributed by atoms with Crippen molar-refractivity contribution in [2.45, 2.75) is 208 Å². The maximum Gasteiger partial charge on any atom is 0.303 e. The van der Waals surface area contributed by atoms with Crippen LogP contribution in [0.3, 0.4) is 0 Å². The lowest BCUT2D eigenvalue weighted by atomic mass is 9.98. The number of aliphatic carboxylic acids is 1. The fourth-order valence-electron chi connectivity index (χ4n) is 16.8. The number of benzene rings is 6. The highest BCUT2D eigenvalue weighted by molar-refractivity contribution is 8.00. The topological polar surface area (TPSA) is 572 Å². The number of carboxylic acids is 1. The number of likely N-dealkylation sites (N-methyl/N-ethyl adjacent to an activating group) is 4. The van der Waals surface area contributed by atoms with E-state index in [1.54, 1.807) is 112 Å². The number of rotatable bonds is 28. The number of thioether (sulfide) groups is 1. The molecule has 3 heterocycles.